The molecule has 2 aliphatic rings. The fourth-order valence-corrected chi connectivity index (χ4v) is 1.44. The van der Waals surface area contributed by atoms with Crippen molar-refractivity contribution >= 4 is 15.8 Å². The van der Waals surface area contributed by atoms with E-state index in [0.29, 0.717) is 17.3 Å². The summed E-state index contributed by atoms with van der Waals surface area (Å²) in [6.45, 7) is -0.119. The quantitative estimate of drug-likeness (QED) is 0.411. The lowest BCUT2D eigenvalue weighted by molar-refractivity contribution is -0.288. The van der Waals surface area contributed by atoms with Crippen LogP contribution in [0.5, 0.6) is 0 Å². The molecular weight excluding hydrogens is 164 g/mol. The van der Waals surface area contributed by atoms with Gasteiger partial charge in [0.1, 0.15) is 18.6 Å². The molecule has 0 aromatic heterocycles. The molecule has 1 N–H and O–H groups in total. The maximum atomic E-state index is 8.69. The van der Waals surface area contributed by atoms with Crippen molar-refractivity contribution in [3.8, 4) is 0 Å². The average molecular weight is 170 g/mol. The zero-order chi connectivity index (χ0) is 7.68. The van der Waals surface area contributed by atoms with Gasteiger partial charge >= 0.3 is 15.8 Å². The van der Waals surface area contributed by atoms with E-state index in [-0.39, 0.29) is 6.61 Å². The van der Waals surface area contributed by atoms with Crippen LogP contribution in [-0.4, -0.2) is 27.5 Å². The lowest BCUT2D eigenvalue weighted by Gasteiger charge is -2.07. The number of hydrogen-bond acceptors (Lipinski definition) is 3. The van der Waals surface area contributed by atoms with E-state index in [0.717, 1.165) is 0 Å². The molecular formula is C6H6O4Si. The minimum atomic E-state index is -0.437. The molecule has 4 nitrogen and oxygen atoms in total. The minimum absolute atomic E-state index is 0.119. The van der Waals surface area contributed by atoms with Gasteiger partial charge in [-0.2, -0.15) is 0 Å². The second kappa shape index (κ2) is 2.52. The van der Waals surface area contributed by atoms with Gasteiger partial charge in [-0.15, -0.1) is 0 Å². The number of ether oxygens (including phenoxy) is 1. The Morgan fingerprint density at radius 1 is 1.64 bits per heavy atom. The minimum Gasteiger partial charge on any atom is -0.610 e. The number of hydrogen-bond donors (Lipinski definition) is 1. The predicted octanol–water partition coefficient (Wildman–Crippen LogP) is -0.864. The van der Waals surface area contributed by atoms with E-state index in [4.69, 9.17) is 18.4 Å². The van der Waals surface area contributed by atoms with Crippen molar-refractivity contribution in [2.24, 2.45) is 0 Å². The van der Waals surface area contributed by atoms with Gasteiger partial charge in [0.2, 0.25) is 5.76 Å². The third-order valence-corrected chi connectivity index (χ3v) is 2.06. The molecule has 0 fully saturated rings. The molecule has 2 heterocycles. The molecule has 0 aliphatic carbocycles. The fourth-order valence-electron chi connectivity index (χ4n) is 0.827. The van der Waals surface area contributed by atoms with Crippen LogP contribution in [0, 0.1) is 0 Å². The van der Waals surface area contributed by atoms with Crippen LogP contribution < -0.4 is 0 Å². The normalized spacial score (nSPS) is 19.9. The molecule has 5 heteroatoms. The second-order valence-electron chi connectivity index (χ2n) is 2.06. The number of rotatable bonds is 1. The molecule has 0 saturated carbocycles. The molecule has 11 heavy (non-hydrogen) atoms. The first-order valence-corrected chi connectivity index (χ1v) is 4.05. The Morgan fingerprint density at radius 2 is 2.55 bits per heavy atom. The van der Waals surface area contributed by atoms with E-state index >= 15 is 0 Å². The van der Waals surface area contributed by atoms with Crippen molar-refractivity contribution in [2.45, 2.75) is 0 Å². The van der Waals surface area contributed by atoms with Gasteiger partial charge in [-0.3, -0.25) is 0 Å². The Balaban J connectivity index is 2.26. The van der Waals surface area contributed by atoms with Gasteiger partial charge in [-0.1, -0.05) is 0 Å². The summed E-state index contributed by atoms with van der Waals surface area (Å²) in [5.74, 6) is 1.76. The summed E-state index contributed by atoms with van der Waals surface area (Å²) in [5.41, 5.74) is 0. The van der Waals surface area contributed by atoms with Crippen LogP contribution in [-0.2, 0) is 13.3 Å². The highest BCUT2D eigenvalue weighted by Gasteiger charge is 2.24. The van der Waals surface area contributed by atoms with E-state index < -0.39 is 10.0 Å². The molecule has 0 unspecified atom stereocenters. The van der Waals surface area contributed by atoms with Crippen molar-refractivity contribution in [1.82, 2.24) is 0 Å². The number of fused-ring (bicyclic) bond motifs is 1. The third-order valence-electron chi connectivity index (χ3n) is 1.36. The Hall–Kier alpha value is -1.07. The van der Waals surface area contributed by atoms with Crippen LogP contribution >= 0.6 is 0 Å². The molecule has 0 atom stereocenters. The Bertz CT molecular complexity index is 266. The topological polar surface area (TPSA) is 50.0 Å². The molecule has 0 aromatic rings. The third kappa shape index (κ3) is 1.08. The zero-order valence-corrected chi connectivity index (χ0v) is 6.77. The van der Waals surface area contributed by atoms with Gasteiger partial charge in [0, 0.05) is 0 Å². The lowest BCUT2D eigenvalue weighted by Crippen LogP contribution is -2.07. The number of aliphatic hydroxyl groups excluding tert-OH is 1. The number of aliphatic hydroxyl groups is 1. The zero-order valence-electron chi connectivity index (χ0n) is 5.61. The summed E-state index contributed by atoms with van der Waals surface area (Å²) in [7, 11) is -0.437. The molecule has 0 aromatic carbocycles. The number of carbonyl (C=O) groups excluding carboxylic acids is 1. The maximum Gasteiger partial charge on any atom is 0.441 e. The summed E-state index contributed by atoms with van der Waals surface area (Å²) in [6, 6.07) is 0. The predicted molar refractivity (Wildman–Crippen MR) is 37.6 cm³/mol. The molecule has 0 radical (unpaired) electrons. The maximum absolute atomic E-state index is 8.69. The molecule has 0 spiro atoms. The largest absolute Gasteiger partial charge is 0.610 e. The van der Waals surface area contributed by atoms with Gasteiger partial charge in [-0.05, 0) is 0 Å². The monoisotopic (exact) mass is 170 g/mol. The van der Waals surface area contributed by atoms with Crippen LogP contribution in [0.15, 0.2) is 23.9 Å². The van der Waals surface area contributed by atoms with Crippen molar-refractivity contribution in [3.63, 3.8) is 0 Å². The molecule has 2 rings (SSSR count). The highest BCUT2D eigenvalue weighted by atomic mass is 28.2. The summed E-state index contributed by atoms with van der Waals surface area (Å²) in [4.78, 5) is 0. The summed E-state index contributed by atoms with van der Waals surface area (Å²) in [5, 5.41) is 8.69. The van der Waals surface area contributed by atoms with Crippen LogP contribution in [0.25, 0.3) is 0 Å². The summed E-state index contributed by atoms with van der Waals surface area (Å²) >= 11 is 0. The first-order chi connectivity index (χ1) is 5.40. The van der Waals surface area contributed by atoms with Gasteiger partial charge < -0.3 is 18.4 Å². The van der Waals surface area contributed by atoms with Gasteiger partial charge in [0.05, 0.1) is 6.08 Å². The van der Waals surface area contributed by atoms with Gasteiger partial charge in [0.15, 0.2) is 0 Å². The second-order valence-corrected chi connectivity index (χ2v) is 2.73. The van der Waals surface area contributed by atoms with Crippen molar-refractivity contribution < 1.29 is 18.4 Å². The Morgan fingerprint density at radius 3 is 3.36 bits per heavy atom. The van der Waals surface area contributed by atoms with E-state index in [1.165, 1.54) is 6.26 Å². The summed E-state index contributed by atoms with van der Waals surface area (Å²) < 4.78 is 15.2. The number of ketones is 1. The first kappa shape index (κ1) is 6.63. The van der Waals surface area contributed by atoms with E-state index in [9.17, 15) is 0 Å². The first-order valence-electron chi connectivity index (χ1n) is 3.11. The van der Waals surface area contributed by atoms with Crippen LogP contribution in [0.3, 0.4) is 0 Å². The van der Waals surface area contributed by atoms with Crippen molar-refractivity contribution in [3.05, 3.63) is 23.9 Å². The van der Waals surface area contributed by atoms with Crippen molar-refractivity contribution in [2.75, 3.05) is 6.61 Å². The SMILES string of the molecule is OCC1=CC2=[O+][SiH-]OC2=CO1. The molecule has 0 saturated heterocycles. The molecule has 0 amide bonds. The molecule has 58 valence electrons. The Labute approximate surface area is 65.5 Å². The van der Waals surface area contributed by atoms with Gasteiger partial charge in [0.25, 0.3) is 0 Å². The van der Waals surface area contributed by atoms with Crippen LogP contribution in [0.4, 0.5) is 0 Å². The average Bonchev–Trinajstić information content (AvgIpc) is 2.50. The van der Waals surface area contributed by atoms with Crippen LogP contribution in [0.1, 0.15) is 0 Å². The van der Waals surface area contributed by atoms with Crippen LogP contribution in [0.2, 0.25) is 0 Å². The van der Waals surface area contributed by atoms with Crippen molar-refractivity contribution in [1.29, 1.82) is 0 Å². The summed E-state index contributed by atoms with van der Waals surface area (Å²) in [6.07, 6.45) is 3.08. The Kier molecular flexibility index (Phi) is 1.52. The van der Waals surface area contributed by atoms with E-state index in [1.807, 2.05) is 0 Å². The number of allylic oxidation sites excluding steroid dienone is 1. The standard InChI is InChI=1S/C6H6O4Si/c7-2-4-1-5-6(3-8-4)10-11-9-5/h1,3,7,11H,2H2. The molecule has 0 bridgehead atoms. The molecule has 2 aliphatic heterocycles. The highest BCUT2D eigenvalue weighted by molar-refractivity contribution is 6.25. The highest BCUT2D eigenvalue weighted by Crippen LogP contribution is 2.15. The smallest absolute Gasteiger partial charge is 0.441 e. The van der Waals surface area contributed by atoms with Gasteiger partial charge in [-0.25, -0.2) is 0 Å². The lowest BCUT2D eigenvalue weighted by atomic mass is 10.2. The van der Waals surface area contributed by atoms with E-state index in [2.05, 4.69) is 0 Å². The van der Waals surface area contributed by atoms with E-state index in [1.54, 1.807) is 6.08 Å². The fraction of sp³-hybridized carbons (Fsp3) is 0.167.